The third-order valence-corrected chi connectivity index (χ3v) is 5.80. The second-order valence-corrected chi connectivity index (χ2v) is 8.38. The maximum absolute atomic E-state index is 12.7. The molecule has 32 heavy (non-hydrogen) atoms. The Morgan fingerprint density at radius 2 is 1.72 bits per heavy atom. The van der Waals surface area contributed by atoms with Crippen LogP contribution in [0.2, 0.25) is 0 Å². The summed E-state index contributed by atoms with van der Waals surface area (Å²) in [5.74, 6) is 0.156. The third-order valence-electron chi connectivity index (χ3n) is 4.42. The molecule has 1 amide bonds. The van der Waals surface area contributed by atoms with Crippen molar-refractivity contribution in [2.24, 2.45) is 0 Å². The van der Waals surface area contributed by atoms with Crippen molar-refractivity contribution < 1.29 is 22.9 Å². The van der Waals surface area contributed by atoms with Crippen LogP contribution in [0.3, 0.4) is 0 Å². The van der Waals surface area contributed by atoms with Crippen molar-refractivity contribution >= 4 is 27.3 Å². The van der Waals surface area contributed by atoms with Crippen LogP contribution < -0.4 is 14.8 Å². The molecule has 3 aromatic carbocycles. The molecule has 0 unspecified atom stereocenters. The number of carbonyl (C=O) groups is 1. The highest BCUT2D eigenvalue weighted by atomic mass is 32.2. The van der Waals surface area contributed by atoms with Crippen molar-refractivity contribution in [3.8, 4) is 5.75 Å². The quantitative estimate of drug-likeness (QED) is 0.374. The van der Waals surface area contributed by atoms with Gasteiger partial charge in [-0.15, -0.1) is 0 Å². The first-order valence-electron chi connectivity index (χ1n) is 9.66. The molecule has 0 saturated carbocycles. The van der Waals surface area contributed by atoms with Crippen LogP contribution in [-0.2, 0) is 16.6 Å². The van der Waals surface area contributed by atoms with Gasteiger partial charge in [-0.3, -0.25) is 19.6 Å². The number of anilines is 1. The third kappa shape index (κ3) is 5.82. The highest BCUT2D eigenvalue weighted by Crippen LogP contribution is 2.20. The van der Waals surface area contributed by atoms with E-state index in [0.717, 1.165) is 0 Å². The average Bonchev–Trinajstić information content (AvgIpc) is 2.79. The second-order valence-electron chi connectivity index (χ2n) is 6.70. The van der Waals surface area contributed by atoms with Gasteiger partial charge in [0.1, 0.15) is 5.75 Å². The molecule has 3 aromatic rings. The van der Waals surface area contributed by atoms with E-state index in [4.69, 9.17) is 4.74 Å². The van der Waals surface area contributed by atoms with Crippen LogP contribution in [0.25, 0.3) is 0 Å². The molecule has 0 aliphatic heterocycles. The van der Waals surface area contributed by atoms with Crippen molar-refractivity contribution in [3.63, 3.8) is 0 Å². The summed E-state index contributed by atoms with van der Waals surface area (Å²) in [5.41, 5.74) is 1.16. The van der Waals surface area contributed by atoms with Gasteiger partial charge >= 0.3 is 0 Å². The highest BCUT2D eigenvalue weighted by Gasteiger charge is 2.17. The maximum Gasteiger partial charge on any atom is 0.269 e. The Hall–Kier alpha value is -3.92. The molecule has 10 heteroatoms. The molecular weight excluding hydrogens is 434 g/mol. The molecule has 9 nitrogen and oxygen atoms in total. The summed E-state index contributed by atoms with van der Waals surface area (Å²) < 4.78 is 33.3. The van der Waals surface area contributed by atoms with Crippen molar-refractivity contribution in [3.05, 3.63) is 94.0 Å². The predicted octanol–water partition coefficient (Wildman–Crippen LogP) is 3.72. The van der Waals surface area contributed by atoms with E-state index in [1.807, 2.05) is 6.92 Å². The number of ether oxygens (including phenoxy) is 1. The molecule has 0 atom stereocenters. The molecule has 0 fully saturated rings. The van der Waals surface area contributed by atoms with Gasteiger partial charge in [0.05, 0.1) is 16.4 Å². The smallest absolute Gasteiger partial charge is 0.269 e. The van der Waals surface area contributed by atoms with Crippen LogP contribution in [0, 0.1) is 10.1 Å². The lowest BCUT2D eigenvalue weighted by molar-refractivity contribution is -0.384. The van der Waals surface area contributed by atoms with Crippen LogP contribution in [0.4, 0.5) is 11.4 Å². The Kier molecular flexibility index (Phi) is 7.06. The van der Waals surface area contributed by atoms with Gasteiger partial charge in [-0.25, -0.2) is 8.42 Å². The molecule has 0 heterocycles. The predicted molar refractivity (Wildman–Crippen MR) is 119 cm³/mol. The number of nitro benzene ring substituents is 1. The van der Waals surface area contributed by atoms with Crippen molar-refractivity contribution in [2.75, 3.05) is 11.3 Å². The normalized spacial score (nSPS) is 10.9. The van der Waals surface area contributed by atoms with Crippen molar-refractivity contribution in [1.29, 1.82) is 0 Å². The number of sulfonamides is 1. The summed E-state index contributed by atoms with van der Waals surface area (Å²) in [7, 11) is -3.91. The fourth-order valence-electron chi connectivity index (χ4n) is 2.82. The average molecular weight is 455 g/mol. The minimum Gasteiger partial charge on any atom is -0.494 e. The van der Waals surface area contributed by atoms with E-state index in [1.165, 1.54) is 36.4 Å². The number of hydrogen-bond acceptors (Lipinski definition) is 6. The lowest BCUT2D eigenvalue weighted by Crippen LogP contribution is -2.23. The van der Waals surface area contributed by atoms with E-state index in [0.29, 0.717) is 23.6 Å². The molecule has 3 rings (SSSR count). The molecule has 0 aliphatic rings. The van der Waals surface area contributed by atoms with Gasteiger partial charge in [0, 0.05) is 29.9 Å². The fourth-order valence-corrected chi connectivity index (χ4v) is 3.93. The Bertz CT molecular complexity index is 1210. The van der Waals surface area contributed by atoms with Crippen LogP contribution in [-0.4, -0.2) is 25.9 Å². The summed E-state index contributed by atoms with van der Waals surface area (Å²) in [4.78, 5) is 22.6. The molecular formula is C22H21N3O6S. The van der Waals surface area contributed by atoms with Crippen LogP contribution in [0.5, 0.6) is 5.75 Å². The van der Waals surface area contributed by atoms with E-state index in [2.05, 4.69) is 10.0 Å². The zero-order chi connectivity index (χ0) is 23.1. The summed E-state index contributed by atoms with van der Waals surface area (Å²) in [6.45, 7) is 2.49. The number of hydrogen-bond donors (Lipinski definition) is 2. The first-order valence-corrected chi connectivity index (χ1v) is 11.1. The molecule has 0 aliphatic carbocycles. The van der Waals surface area contributed by atoms with Gasteiger partial charge < -0.3 is 10.1 Å². The van der Waals surface area contributed by atoms with Crippen molar-refractivity contribution in [1.82, 2.24) is 5.32 Å². The van der Waals surface area contributed by atoms with Gasteiger partial charge in [0.25, 0.3) is 21.6 Å². The number of amides is 1. The molecule has 166 valence electrons. The lowest BCUT2D eigenvalue weighted by Gasteiger charge is -2.11. The number of nitrogens with one attached hydrogen (secondary N) is 2. The zero-order valence-electron chi connectivity index (χ0n) is 17.1. The number of nitro groups is 1. The number of benzene rings is 3. The van der Waals surface area contributed by atoms with E-state index in [9.17, 15) is 23.3 Å². The van der Waals surface area contributed by atoms with E-state index in [1.54, 1.807) is 36.4 Å². The summed E-state index contributed by atoms with van der Waals surface area (Å²) >= 11 is 0. The van der Waals surface area contributed by atoms with Crippen LogP contribution >= 0.6 is 0 Å². The Labute approximate surface area is 185 Å². The van der Waals surface area contributed by atoms with Gasteiger partial charge in [0.2, 0.25) is 0 Å². The number of rotatable bonds is 9. The van der Waals surface area contributed by atoms with Crippen LogP contribution in [0.1, 0.15) is 22.8 Å². The SMILES string of the molecule is CCOc1ccc(NS(=O)(=O)c2cccc(C(=O)NCc3ccc([N+](=O)[O-])cc3)c2)cc1. The first-order chi connectivity index (χ1) is 15.3. The molecule has 0 aromatic heterocycles. The fraction of sp³-hybridized carbons (Fsp3) is 0.136. The Balaban J connectivity index is 1.67. The van der Waals surface area contributed by atoms with Crippen LogP contribution in [0.15, 0.2) is 77.7 Å². The summed E-state index contributed by atoms with van der Waals surface area (Å²) in [5, 5.41) is 13.4. The van der Waals surface area contributed by atoms with Gasteiger partial charge in [-0.05, 0) is 55.0 Å². The Morgan fingerprint density at radius 1 is 1.03 bits per heavy atom. The minimum atomic E-state index is -3.91. The monoisotopic (exact) mass is 455 g/mol. The second kappa shape index (κ2) is 9.92. The van der Waals surface area contributed by atoms with E-state index in [-0.39, 0.29) is 22.7 Å². The highest BCUT2D eigenvalue weighted by molar-refractivity contribution is 7.92. The number of nitrogens with zero attached hydrogens (tertiary/aromatic N) is 1. The minimum absolute atomic E-state index is 0.0435. The largest absolute Gasteiger partial charge is 0.494 e. The van der Waals surface area contributed by atoms with Gasteiger partial charge in [0.15, 0.2) is 0 Å². The molecule has 0 radical (unpaired) electrons. The molecule has 2 N–H and O–H groups in total. The Morgan fingerprint density at radius 3 is 2.34 bits per heavy atom. The zero-order valence-corrected chi connectivity index (χ0v) is 18.0. The van der Waals surface area contributed by atoms with E-state index >= 15 is 0 Å². The topological polar surface area (TPSA) is 128 Å². The maximum atomic E-state index is 12.7. The van der Waals surface area contributed by atoms with Crippen molar-refractivity contribution in [2.45, 2.75) is 18.4 Å². The lowest BCUT2D eigenvalue weighted by atomic mass is 10.2. The molecule has 0 spiro atoms. The summed E-state index contributed by atoms with van der Waals surface area (Å²) in [6, 6.07) is 17.9. The van der Waals surface area contributed by atoms with Gasteiger partial charge in [-0.1, -0.05) is 18.2 Å². The molecule has 0 saturated heterocycles. The van der Waals surface area contributed by atoms with E-state index < -0.39 is 20.9 Å². The first kappa shape index (κ1) is 22.8. The standard InChI is InChI=1S/C22H21N3O6S/c1-2-31-20-12-8-18(9-13-20)24-32(29,30)21-5-3-4-17(14-21)22(26)23-15-16-6-10-19(11-7-16)25(27)28/h3-14,24H,2,15H2,1H3,(H,23,26). The number of non-ortho nitro benzene ring substituents is 1. The summed E-state index contributed by atoms with van der Waals surface area (Å²) in [6.07, 6.45) is 0. The molecule has 0 bridgehead atoms. The number of carbonyl (C=O) groups excluding carboxylic acids is 1. The van der Waals surface area contributed by atoms with Gasteiger partial charge in [-0.2, -0.15) is 0 Å².